The molecule has 0 bridgehead atoms. The van der Waals surface area contributed by atoms with Crippen molar-refractivity contribution in [1.82, 2.24) is 10.6 Å². The van der Waals surface area contributed by atoms with E-state index in [1.807, 2.05) is 13.0 Å². The molecule has 27 heavy (non-hydrogen) atoms. The number of hydrogen-bond acceptors (Lipinski definition) is 2. The summed E-state index contributed by atoms with van der Waals surface area (Å²) in [4.78, 5) is 6.95. The summed E-state index contributed by atoms with van der Waals surface area (Å²) >= 11 is 0. The van der Waals surface area contributed by atoms with Crippen molar-refractivity contribution in [1.29, 1.82) is 0 Å². The smallest absolute Gasteiger partial charge is 0.191 e. The third kappa shape index (κ3) is 6.23. The Hall–Kier alpha value is -2.09. The van der Waals surface area contributed by atoms with Gasteiger partial charge in [-0.15, -0.1) is 24.0 Å². The largest absolute Gasteiger partial charge is 0.364 e. The lowest BCUT2D eigenvalue weighted by Gasteiger charge is -2.18. The number of nitrogens with one attached hydrogen (secondary N) is 2. The van der Waals surface area contributed by atoms with Crippen molar-refractivity contribution in [2.45, 2.75) is 20.0 Å². The first-order chi connectivity index (χ1) is 12.8. The highest BCUT2D eigenvalue weighted by Crippen LogP contribution is 2.18. The van der Waals surface area contributed by atoms with Gasteiger partial charge in [0, 0.05) is 37.4 Å². The maximum absolute atomic E-state index is 13.8. The molecule has 1 aliphatic heterocycles. The molecule has 0 aliphatic carbocycles. The monoisotopic (exact) mass is 480 g/mol. The summed E-state index contributed by atoms with van der Waals surface area (Å²) in [6, 6.07) is 15.2. The van der Waals surface area contributed by atoms with Gasteiger partial charge in [-0.1, -0.05) is 42.5 Å². The highest BCUT2D eigenvalue weighted by Gasteiger charge is 2.08. The summed E-state index contributed by atoms with van der Waals surface area (Å²) in [5.41, 5.74) is 2.99. The quantitative estimate of drug-likeness (QED) is 0.284. The van der Waals surface area contributed by atoms with Crippen LogP contribution in [0.3, 0.4) is 0 Å². The summed E-state index contributed by atoms with van der Waals surface area (Å²) in [5, 5.41) is 6.40. The minimum Gasteiger partial charge on any atom is -0.364 e. The first kappa shape index (κ1) is 21.2. The minimum atomic E-state index is -0.206. The second-order valence-corrected chi connectivity index (χ2v) is 6.19. The fraction of sp³-hybridized carbons (Fsp3) is 0.286. The van der Waals surface area contributed by atoms with Gasteiger partial charge in [0.05, 0.1) is 6.54 Å². The molecule has 144 valence electrons. The molecule has 0 radical (unpaired) electrons. The zero-order valence-corrected chi connectivity index (χ0v) is 17.8. The van der Waals surface area contributed by atoms with Crippen molar-refractivity contribution < 1.29 is 4.39 Å². The molecule has 3 rings (SSSR count). The van der Waals surface area contributed by atoms with Crippen LogP contribution < -0.4 is 15.5 Å². The van der Waals surface area contributed by atoms with Crippen LogP contribution in [0.1, 0.15) is 18.1 Å². The number of hydrogen-bond donors (Lipinski definition) is 2. The molecule has 0 spiro atoms. The Labute approximate surface area is 177 Å². The maximum atomic E-state index is 13.8. The van der Waals surface area contributed by atoms with Crippen molar-refractivity contribution in [3.05, 3.63) is 77.6 Å². The lowest BCUT2D eigenvalue weighted by Crippen LogP contribution is -2.37. The molecular weight excluding hydrogens is 454 g/mol. The summed E-state index contributed by atoms with van der Waals surface area (Å²) in [6.07, 6.45) is 4.36. The van der Waals surface area contributed by atoms with Gasteiger partial charge in [-0.3, -0.25) is 0 Å². The standard InChI is InChI=1S/C21H25FN4.HI/c1-2-23-21(25-16-18-9-3-4-11-20(18)22)24-15-17-8-7-10-19(14-17)26-12-5-6-13-26;/h3-11,14H,2,12-13,15-16H2,1H3,(H2,23,24,25);1H. The predicted octanol–water partition coefficient (Wildman–Crippen LogP) is 4.08. The molecule has 0 saturated heterocycles. The van der Waals surface area contributed by atoms with E-state index in [1.165, 1.54) is 11.8 Å². The summed E-state index contributed by atoms with van der Waals surface area (Å²) in [5.74, 6) is 0.478. The molecule has 0 saturated carbocycles. The molecular formula is C21H26FIN4. The van der Waals surface area contributed by atoms with Crippen LogP contribution in [0.4, 0.5) is 10.1 Å². The zero-order valence-electron chi connectivity index (χ0n) is 15.5. The molecule has 4 nitrogen and oxygen atoms in total. The molecule has 0 unspecified atom stereocenters. The second kappa shape index (κ2) is 10.9. The Morgan fingerprint density at radius 2 is 1.85 bits per heavy atom. The Bertz CT molecular complexity index is 783. The number of aliphatic imine (C=N–C) groups is 1. The van der Waals surface area contributed by atoms with Crippen LogP contribution in [0.2, 0.25) is 0 Å². The lowest BCUT2D eigenvalue weighted by molar-refractivity contribution is 0.604. The normalized spacial score (nSPS) is 13.4. The lowest BCUT2D eigenvalue weighted by atomic mass is 10.2. The second-order valence-electron chi connectivity index (χ2n) is 6.19. The van der Waals surface area contributed by atoms with Gasteiger partial charge in [0.15, 0.2) is 5.96 Å². The molecule has 2 aromatic rings. The minimum absolute atomic E-state index is 0. The van der Waals surface area contributed by atoms with Crippen molar-refractivity contribution in [2.24, 2.45) is 4.99 Å². The van der Waals surface area contributed by atoms with E-state index in [0.717, 1.165) is 25.2 Å². The van der Waals surface area contributed by atoms with Gasteiger partial charge in [0.1, 0.15) is 5.82 Å². The van der Waals surface area contributed by atoms with Crippen LogP contribution in [0.5, 0.6) is 0 Å². The predicted molar refractivity (Wildman–Crippen MR) is 121 cm³/mol. The molecule has 0 fully saturated rings. The molecule has 2 N–H and O–H groups in total. The van der Waals surface area contributed by atoms with Gasteiger partial charge >= 0.3 is 0 Å². The number of guanidine groups is 1. The van der Waals surface area contributed by atoms with E-state index >= 15 is 0 Å². The third-order valence-electron chi connectivity index (χ3n) is 4.26. The fourth-order valence-corrected chi connectivity index (χ4v) is 2.87. The highest BCUT2D eigenvalue weighted by molar-refractivity contribution is 14.0. The van der Waals surface area contributed by atoms with E-state index < -0.39 is 0 Å². The Balaban J connectivity index is 0.00000261. The number of rotatable bonds is 6. The zero-order chi connectivity index (χ0) is 18.2. The average Bonchev–Trinajstić information content (AvgIpc) is 3.20. The highest BCUT2D eigenvalue weighted by atomic mass is 127. The van der Waals surface area contributed by atoms with Crippen LogP contribution >= 0.6 is 24.0 Å². The van der Waals surface area contributed by atoms with E-state index in [9.17, 15) is 4.39 Å². The van der Waals surface area contributed by atoms with E-state index in [1.54, 1.807) is 12.1 Å². The van der Waals surface area contributed by atoms with Crippen LogP contribution in [-0.4, -0.2) is 25.6 Å². The van der Waals surface area contributed by atoms with Gasteiger partial charge in [-0.05, 0) is 30.7 Å². The summed E-state index contributed by atoms with van der Waals surface area (Å²) < 4.78 is 13.8. The van der Waals surface area contributed by atoms with Gasteiger partial charge in [-0.25, -0.2) is 9.38 Å². The van der Waals surface area contributed by atoms with Gasteiger partial charge in [0.2, 0.25) is 0 Å². The molecule has 6 heteroatoms. The van der Waals surface area contributed by atoms with Gasteiger partial charge < -0.3 is 15.5 Å². The molecule has 1 heterocycles. The fourth-order valence-electron chi connectivity index (χ4n) is 2.87. The van der Waals surface area contributed by atoms with E-state index in [-0.39, 0.29) is 29.8 Å². The van der Waals surface area contributed by atoms with Crippen LogP contribution in [-0.2, 0) is 13.1 Å². The number of nitrogens with zero attached hydrogens (tertiary/aromatic N) is 2. The van der Waals surface area contributed by atoms with Crippen molar-refractivity contribution in [3.8, 4) is 0 Å². The SMILES string of the molecule is CCNC(=NCc1cccc(N2CC=CC2)c1)NCc1ccccc1F.I. The Kier molecular flexibility index (Phi) is 8.57. The van der Waals surface area contributed by atoms with Gasteiger partial charge in [-0.2, -0.15) is 0 Å². The Morgan fingerprint density at radius 1 is 1.07 bits per heavy atom. The number of benzene rings is 2. The number of halogens is 2. The molecule has 0 aromatic heterocycles. The number of anilines is 1. The first-order valence-corrected chi connectivity index (χ1v) is 9.00. The molecule has 0 atom stereocenters. The molecule has 2 aromatic carbocycles. The molecule has 1 aliphatic rings. The van der Waals surface area contributed by atoms with Crippen molar-refractivity contribution in [2.75, 3.05) is 24.5 Å². The Morgan fingerprint density at radius 3 is 2.59 bits per heavy atom. The first-order valence-electron chi connectivity index (χ1n) is 9.00. The summed E-state index contributed by atoms with van der Waals surface area (Å²) in [6.45, 7) is 5.66. The van der Waals surface area contributed by atoms with Crippen LogP contribution in [0.15, 0.2) is 65.7 Å². The maximum Gasteiger partial charge on any atom is 0.191 e. The average molecular weight is 480 g/mol. The topological polar surface area (TPSA) is 39.7 Å². The van der Waals surface area contributed by atoms with Crippen LogP contribution in [0.25, 0.3) is 0 Å². The summed E-state index contributed by atoms with van der Waals surface area (Å²) in [7, 11) is 0. The van der Waals surface area contributed by atoms with E-state index in [2.05, 4.69) is 56.9 Å². The third-order valence-corrected chi connectivity index (χ3v) is 4.26. The van der Waals surface area contributed by atoms with Crippen molar-refractivity contribution >= 4 is 35.6 Å². The van der Waals surface area contributed by atoms with Gasteiger partial charge in [0.25, 0.3) is 0 Å². The van der Waals surface area contributed by atoms with Crippen molar-refractivity contribution in [3.63, 3.8) is 0 Å². The molecule has 0 amide bonds. The van der Waals surface area contributed by atoms with E-state index in [0.29, 0.717) is 24.6 Å². The van der Waals surface area contributed by atoms with Crippen LogP contribution in [0, 0.1) is 5.82 Å². The van der Waals surface area contributed by atoms with E-state index in [4.69, 9.17) is 0 Å².